The Morgan fingerprint density at radius 3 is 2.38 bits per heavy atom. The summed E-state index contributed by atoms with van der Waals surface area (Å²) in [6, 6.07) is 7.08. The maximum absolute atomic E-state index is 11.5. The van der Waals surface area contributed by atoms with Crippen LogP contribution in [0.15, 0.2) is 30.3 Å². The van der Waals surface area contributed by atoms with Gasteiger partial charge >= 0.3 is 6.03 Å². The summed E-state index contributed by atoms with van der Waals surface area (Å²) < 4.78 is 0. The van der Waals surface area contributed by atoms with Gasteiger partial charge in [-0.1, -0.05) is 30.3 Å². The minimum atomic E-state index is -1.18. The van der Waals surface area contributed by atoms with Crippen molar-refractivity contribution >= 4 is 17.8 Å². The van der Waals surface area contributed by atoms with E-state index in [2.05, 4.69) is 0 Å². The molecule has 0 spiro atoms. The summed E-state index contributed by atoms with van der Waals surface area (Å²) >= 11 is 0. The average molecular weight is 220 g/mol. The van der Waals surface area contributed by atoms with Crippen molar-refractivity contribution < 1.29 is 19.6 Å². The second-order valence-corrected chi connectivity index (χ2v) is 3.29. The van der Waals surface area contributed by atoms with Gasteiger partial charge in [0.25, 0.3) is 5.91 Å². The Morgan fingerprint density at radius 2 is 1.75 bits per heavy atom. The smallest absolute Gasteiger partial charge is 0.277 e. The van der Waals surface area contributed by atoms with E-state index in [1.165, 1.54) is 0 Å². The van der Waals surface area contributed by atoms with Crippen LogP contribution in [0.25, 0.3) is 0 Å². The first-order chi connectivity index (χ1) is 7.61. The number of urea groups is 1. The van der Waals surface area contributed by atoms with Crippen LogP contribution in [-0.4, -0.2) is 28.1 Å². The fraction of sp³-hybridized carbons (Fsp3) is 0.100. The second kappa shape index (κ2) is 3.74. The third-order valence-corrected chi connectivity index (χ3v) is 2.27. The lowest BCUT2D eigenvalue weighted by atomic mass is 9.96. The summed E-state index contributed by atoms with van der Waals surface area (Å²) in [6.07, 6.45) is 0. The summed E-state index contributed by atoms with van der Waals surface area (Å²) in [6.45, 7) is 0. The topological polar surface area (TPSA) is 86.7 Å². The summed E-state index contributed by atoms with van der Waals surface area (Å²) in [4.78, 5) is 33.9. The number of rotatable bonds is 1. The molecule has 1 aliphatic heterocycles. The number of amides is 4. The molecule has 82 valence electrons. The lowest BCUT2D eigenvalue weighted by molar-refractivity contribution is -0.160. The number of benzene rings is 1. The normalized spacial score (nSPS) is 20.9. The molecule has 0 radical (unpaired) electrons. The Hall–Kier alpha value is -2.21. The van der Waals surface area contributed by atoms with Crippen molar-refractivity contribution in [2.45, 2.75) is 5.92 Å². The van der Waals surface area contributed by atoms with E-state index in [4.69, 9.17) is 5.21 Å². The Labute approximate surface area is 90.4 Å². The number of carbonyl (C=O) groups excluding carboxylic acids is 3. The van der Waals surface area contributed by atoms with Gasteiger partial charge in [0.05, 0.1) is 0 Å². The maximum atomic E-state index is 11.5. The predicted molar refractivity (Wildman–Crippen MR) is 51.4 cm³/mol. The van der Waals surface area contributed by atoms with Crippen LogP contribution >= 0.6 is 0 Å². The molecule has 1 aromatic rings. The molecule has 0 aliphatic carbocycles. The second-order valence-electron chi connectivity index (χ2n) is 3.29. The van der Waals surface area contributed by atoms with Crippen molar-refractivity contribution in [3.05, 3.63) is 35.9 Å². The fourth-order valence-corrected chi connectivity index (χ4v) is 1.50. The van der Waals surface area contributed by atoms with Crippen LogP contribution in [0.5, 0.6) is 0 Å². The summed E-state index contributed by atoms with van der Waals surface area (Å²) in [5.41, 5.74) is 0.427. The molecule has 6 heteroatoms. The van der Waals surface area contributed by atoms with Crippen molar-refractivity contribution in [3.63, 3.8) is 0 Å². The van der Waals surface area contributed by atoms with Gasteiger partial charge < -0.3 is 0 Å². The van der Waals surface area contributed by atoms with Gasteiger partial charge in [0, 0.05) is 0 Å². The first-order valence-electron chi connectivity index (χ1n) is 4.54. The van der Waals surface area contributed by atoms with E-state index in [1.54, 1.807) is 30.3 Å². The molecular weight excluding hydrogens is 212 g/mol. The predicted octanol–water partition coefficient (Wildman–Crippen LogP) is 0.238. The van der Waals surface area contributed by atoms with Crippen LogP contribution in [0.2, 0.25) is 0 Å². The molecule has 0 saturated carbocycles. The Balaban J connectivity index is 2.38. The number of hydrogen-bond acceptors (Lipinski definition) is 4. The molecule has 1 aliphatic rings. The van der Waals surface area contributed by atoms with Gasteiger partial charge in [-0.05, 0) is 5.56 Å². The first kappa shape index (κ1) is 10.3. The minimum Gasteiger partial charge on any atom is -0.277 e. The number of hydroxylamine groups is 2. The Bertz CT molecular complexity index is 457. The molecule has 1 saturated heterocycles. The number of hydrogen-bond donors (Lipinski definition) is 2. The highest BCUT2D eigenvalue weighted by molar-refractivity contribution is 6.18. The molecule has 4 amide bonds. The van der Waals surface area contributed by atoms with Crippen molar-refractivity contribution in [2.24, 2.45) is 0 Å². The Kier molecular flexibility index (Phi) is 2.41. The molecule has 1 unspecified atom stereocenters. The van der Waals surface area contributed by atoms with Crippen molar-refractivity contribution in [3.8, 4) is 0 Å². The van der Waals surface area contributed by atoms with E-state index in [0.717, 1.165) is 0 Å². The fourth-order valence-electron chi connectivity index (χ4n) is 1.50. The number of imide groups is 2. The van der Waals surface area contributed by atoms with Crippen molar-refractivity contribution in [1.29, 1.82) is 0 Å². The van der Waals surface area contributed by atoms with Crippen LogP contribution in [0.4, 0.5) is 4.79 Å². The lowest BCUT2D eigenvalue weighted by Crippen LogP contribution is -2.55. The molecule has 2 N–H and O–H groups in total. The minimum absolute atomic E-state index is 0.0843. The molecule has 1 heterocycles. The van der Waals surface area contributed by atoms with Gasteiger partial charge in [-0.15, -0.1) is 5.06 Å². The van der Waals surface area contributed by atoms with Gasteiger partial charge in [0.15, 0.2) is 0 Å². The monoisotopic (exact) mass is 220 g/mol. The van der Waals surface area contributed by atoms with Crippen molar-refractivity contribution in [1.82, 2.24) is 10.4 Å². The van der Waals surface area contributed by atoms with E-state index < -0.39 is 23.8 Å². The van der Waals surface area contributed by atoms with Crippen LogP contribution < -0.4 is 5.32 Å². The molecular formula is C10H8N2O4. The SMILES string of the molecule is O=C1NC(=O)N(O)C(=O)C1c1ccccc1. The molecule has 2 rings (SSSR count). The van der Waals surface area contributed by atoms with E-state index in [9.17, 15) is 14.4 Å². The molecule has 1 fully saturated rings. The van der Waals surface area contributed by atoms with Gasteiger partial charge in [-0.3, -0.25) is 20.1 Å². The zero-order valence-electron chi connectivity index (χ0n) is 8.08. The number of nitrogens with zero attached hydrogens (tertiary/aromatic N) is 1. The lowest BCUT2D eigenvalue weighted by Gasteiger charge is -2.25. The highest BCUT2D eigenvalue weighted by atomic mass is 16.5. The quantitative estimate of drug-likeness (QED) is 0.524. The molecule has 16 heavy (non-hydrogen) atoms. The van der Waals surface area contributed by atoms with Crippen LogP contribution in [0.3, 0.4) is 0 Å². The van der Waals surface area contributed by atoms with Gasteiger partial charge in [-0.2, -0.15) is 0 Å². The average Bonchev–Trinajstić information content (AvgIpc) is 2.28. The molecule has 1 atom stereocenters. The summed E-state index contributed by atoms with van der Waals surface area (Å²) in [7, 11) is 0. The zero-order chi connectivity index (χ0) is 11.7. The number of nitrogens with one attached hydrogen (secondary N) is 1. The first-order valence-corrected chi connectivity index (χ1v) is 4.54. The van der Waals surface area contributed by atoms with E-state index in [-0.39, 0.29) is 5.06 Å². The van der Waals surface area contributed by atoms with E-state index in [0.29, 0.717) is 5.56 Å². The summed E-state index contributed by atoms with van der Waals surface area (Å²) in [5, 5.41) is 10.9. The maximum Gasteiger partial charge on any atom is 0.355 e. The third kappa shape index (κ3) is 1.55. The highest BCUT2D eigenvalue weighted by Gasteiger charge is 2.40. The highest BCUT2D eigenvalue weighted by Crippen LogP contribution is 2.21. The standard InChI is InChI=1S/C10H8N2O4/c13-8-7(6-4-2-1-3-5-6)9(14)12(16)10(15)11-8/h1-5,7,16H,(H,11,13,15). The Morgan fingerprint density at radius 1 is 1.12 bits per heavy atom. The summed E-state index contributed by atoms with van der Waals surface area (Å²) in [5.74, 6) is -2.85. The largest absolute Gasteiger partial charge is 0.355 e. The third-order valence-electron chi connectivity index (χ3n) is 2.27. The van der Waals surface area contributed by atoms with Gasteiger partial charge in [-0.25, -0.2) is 4.79 Å². The molecule has 0 aromatic heterocycles. The molecule has 6 nitrogen and oxygen atoms in total. The van der Waals surface area contributed by atoms with Crippen LogP contribution in [0, 0.1) is 0 Å². The number of barbiturate groups is 1. The molecule has 1 aromatic carbocycles. The van der Waals surface area contributed by atoms with Crippen LogP contribution in [0.1, 0.15) is 11.5 Å². The van der Waals surface area contributed by atoms with E-state index in [1.807, 2.05) is 5.32 Å². The molecule has 0 bridgehead atoms. The van der Waals surface area contributed by atoms with Crippen LogP contribution in [-0.2, 0) is 9.59 Å². The van der Waals surface area contributed by atoms with E-state index >= 15 is 0 Å². The van der Waals surface area contributed by atoms with Crippen molar-refractivity contribution in [2.75, 3.05) is 0 Å². The zero-order valence-corrected chi connectivity index (χ0v) is 8.08. The number of carbonyl (C=O) groups is 3. The van der Waals surface area contributed by atoms with Gasteiger partial charge in [0.2, 0.25) is 5.91 Å². The van der Waals surface area contributed by atoms with Gasteiger partial charge in [0.1, 0.15) is 5.92 Å².